The van der Waals surface area contributed by atoms with Gasteiger partial charge < -0.3 is 10.1 Å². The van der Waals surface area contributed by atoms with Crippen LogP contribution in [0.15, 0.2) is 36.4 Å². The van der Waals surface area contributed by atoms with Gasteiger partial charge in [0.05, 0.1) is 11.8 Å². The average molecular weight is 340 g/mol. The van der Waals surface area contributed by atoms with Crippen molar-refractivity contribution in [3.63, 3.8) is 0 Å². The monoisotopic (exact) mass is 340 g/mol. The van der Waals surface area contributed by atoms with Gasteiger partial charge >= 0.3 is 6.03 Å². The summed E-state index contributed by atoms with van der Waals surface area (Å²) in [6.45, 7) is 2.70. The summed E-state index contributed by atoms with van der Waals surface area (Å²) < 4.78 is 7.64. The minimum atomic E-state index is -0.195. The van der Waals surface area contributed by atoms with Crippen LogP contribution in [-0.4, -0.2) is 34.6 Å². The Morgan fingerprint density at radius 1 is 1.24 bits per heavy atom. The average Bonchev–Trinajstić information content (AvgIpc) is 3.40. The molecule has 1 aliphatic heterocycles. The highest BCUT2D eigenvalue weighted by atomic mass is 16.5. The normalized spacial score (nSPS) is 23.2. The maximum atomic E-state index is 12.3. The van der Waals surface area contributed by atoms with Crippen LogP contribution in [0, 0.1) is 12.8 Å². The van der Waals surface area contributed by atoms with Crippen molar-refractivity contribution >= 4 is 11.8 Å². The summed E-state index contributed by atoms with van der Waals surface area (Å²) in [6.07, 6.45) is 4.63. The lowest BCUT2D eigenvalue weighted by Gasteiger charge is -2.30. The number of nitrogens with one attached hydrogen (secondary N) is 2. The number of aromatic nitrogens is 2. The largest absolute Gasteiger partial charge is 0.378 e. The summed E-state index contributed by atoms with van der Waals surface area (Å²) in [4.78, 5) is 12.3. The number of aryl methyl sites for hydroxylation is 1. The van der Waals surface area contributed by atoms with E-state index >= 15 is 0 Å². The van der Waals surface area contributed by atoms with E-state index in [9.17, 15) is 4.79 Å². The molecule has 2 amide bonds. The number of urea groups is 1. The molecule has 25 heavy (non-hydrogen) atoms. The fraction of sp³-hybridized carbons (Fsp3) is 0.474. The van der Waals surface area contributed by atoms with Crippen molar-refractivity contribution in [2.75, 3.05) is 11.9 Å². The highest BCUT2D eigenvalue weighted by Gasteiger charge is 2.36. The number of carbonyl (C=O) groups excluding carboxylic acids is 1. The predicted octanol–water partition coefficient (Wildman–Crippen LogP) is 3.26. The van der Waals surface area contributed by atoms with Crippen LogP contribution in [0.4, 0.5) is 10.6 Å². The van der Waals surface area contributed by atoms with Gasteiger partial charge in [0.15, 0.2) is 5.82 Å². The molecule has 2 aliphatic rings. The van der Waals surface area contributed by atoms with Crippen molar-refractivity contribution in [2.45, 2.75) is 44.8 Å². The number of nitrogens with zero attached hydrogens (tertiary/aromatic N) is 2. The zero-order valence-electron chi connectivity index (χ0n) is 14.4. The minimum absolute atomic E-state index is 0.177. The van der Waals surface area contributed by atoms with Crippen LogP contribution in [0.2, 0.25) is 0 Å². The van der Waals surface area contributed by atoms with Gasteiger partial charge in [-0.3, -0.25) is 5.32 Å². The van der Waals surface area contributed by atoms with E-state index < -0.39 is 0 Å². The molecule has 1 aromatic heterocycles. The lowest BCUT2D eigenvalue weighted by Crippen LogP contribution is -2.44. The van der Waals surface area contributed by atoms with Gasteiger partial charge in [0.25, 0.3) is 0 Å². The number of hydrogen-bond acceptors (Lipinski definition) is 3. The fourth-order valence-corrected chi connectivity index (χ4v) is 3.46. The van der Waals surface area contributed by atoms with Crippen LogP contribution >= 0.6 is 0 Å². The Kier molecular flexibility index (Phi) is 4.44. The van der Waals surface area contributed by atoms with Crippen molar-refractivity contribution in [1.29, 1.82) is 0 Å². The van der Waals surface area contributed by atoms with Gasteiger partial charge in [-0.25, -0.2) is 9.48 Å². The molecule has 132 valence electrons. The van der Waals surface area contributed by atoms with Gasteiger partial charge in [0.1, 0.15) is 0 Å². The van der Waals surface area contributed by atoms with Gasteiger partial charge in [0, 0.05) is 24.4 Å². The highest BCUT2D eigenvalue weighted by Crippen LogP contribution is 2.38. The summed E-state index contributed by atoms with van der Waals surface area (Å²) in [6, 6.07) is 11.8. The number of ether oxygens (including phenoxy) is 1. The molecule has 6 nitrogen and oxygen atoms in total. The SMILES string of the molecule is Cc1cc(NC(=O)N[C@@H]2CCO[C@H](C3CC3)C2)nn1-c1ccccc1. The van der Waals surface area contributed by atoms with Crippen LogP contribution in [0.25, 0.3) is 5.69 Å². The van der Waals surface area contributed by atoms with E-state index in [1.807, 2.05) is 48.0 Å². The number of para-hydroxylation sites is 1. The van der Waals surface area contributed by atoms with Gasteiger partial charge in [-0.05, 0) is 50.7 Å². The van der Waals surface area contributed by atoms with Crippen molar-refractivity contribution in [3.8, 4) is 5.69 Å². The van der Waals surface area contributed by atoms with Crippen molar-refractivity contribution < 1.29 is 9.53 Å². The molecule has 2 heterocycles. The van der Waals surface area contributed by atoms with Gasteiger partial charge in [-0.1, -0.05) is 18.2 Å². The molecule has 0 bridgehead atoms. The van der Waals surface area contributed by atoms with E-state index in [-0.39, 0.29) is 12.1 Å². The smallest absolute Gasteiger partial charge is 0.320 e. The van der Waals surface area contributed by atoms with Crippen molar-refractivity contribution in [3.05, 3.63) is 42.1 Å². The Morgan fingerprint density at radius 3 is 2.80 bits per heavy atom. The third-order valence-corrected chi connectivity index (χ3v) is 4.93. The van der Waals surface area contributed by atoms with Crippen LogP contribution < -0.4 is 10.6 Å². The lowest BCUT2D eigenvalue weighted by molar-refractivity contribution is -0.00889. The molecule has 0 spiro atoms. The molecule has 0 radical (unpaired) electrons. The van der Waals surface area contributed by atoms with Crippen LogP contribution in [-0.2, 0) is 4.74 Å². The van der Waals surface area contributed by atoms with E-state index in [0.29, 0.717) is 17.8 Å². The van der Waals surface area contributed by atoms with E-state index in [1.54, 1.807) is 0 Å². The second-order valence-corrected chi connectivity index (χ2v) is 6.98. The highest BCUT2D eigenvalue weighted by molar-refractivity contribution is 5.88. The van der Waals surface area contributed by atoms with Crippen molar-refractivity contribution in [1.82, 2.24) is 15.1 Å². The number of amides is 2. The molecule has 1 saturated carbocycles. The summed E-state index contributed by atoms with van der Waals surface area (Å²) in [5.74, 6) is 1.27. The lowest BCUT2D eigenvalue weighted by atomic mass is 10.0. The molecule has 6 heteroatoms. The molecule has 2 atom stereocenters. The van der Waals surface area contributed by atoms with E-state index in [0.717, 1.165) is 30.8 Å². The molecular formula is C19H24N4O2. The Bertz CT molecular complexity index is 739. The molecule has 1 aliphatic carbocycles. The van der Waals surface area contributed by atoms with Crippen LogP contribution in [0.5, 0.6) is 0 Å². The first-order valence-corrected chi connectivity index (χ1v) is 9.00. The Balaban J connectivity index is 1.36. The first-order chi connectivity index (χ1) is 12.2. The molecule has 1 saturated heterocycles. The fourth-order valence-electron chi connectivity index (χ4n) is 3.46. The minimum Gasteiger partial charge on any atom is -0.378 e. The maximum Gasteiger partial charge on any atom is 0.320 e. The summed E-state index contributed by atoms with van der Waals surface area (Å²) in [5, 5.41) is 10.4. The molecule has 2 N–H and O–H groups in total. The summed E-state index contributed by atoms with van der Waals surface area (Å²) in [5.41, 5.74) is 1.95. The zero-order chi connectivity index (χ0) is 17.2. The van der Waals surface area contributed by atoms with Crippen LogP contribution in [0.1, 0.15) is 31.4 Å². The third kappa shape index (κ3) is 3.85. The number of hydrogen-bond donors (Lipinski definition) is 2. The van der Waals surface area contributed by atoms with Crippen molar-refractivity contribution in [2.24, 2.45) is 5.92 Å². The van der Waals surface area contributed by atoms with Crippen LogP contribution in [0.3, 0.4) is 0 Å². The Hall–Kier alpha value is -2.34. The Labute approximate surface area is 147 Å². The zero-order valence-corrected chi connectivity index (χ0v) is 14.4. The van der Waals surface area contributed by atoms with E-state index in [2.05, 4.69) is 15.7 Å². The summed E-state index contributed by atoms with van der Waals surface area (Å²) in [7, 11) is 0. The number of carbonyl (C=O) groups is 1. The molecule has 0 unspecified atom stereocenters. The molecular weight excluding hydrogens is 316 g/mol. The number of anilines is 1. The summed E-state index contributed by atoms with van der Waals surface area (Å²) >= 11 is 0. The second-order valence-electron chi connectivity index (χ2n) is 6.98. The quantitative estimate of drug-likeness (QED) is 0.898. The van der Waals surface area contributed by atoms with Gasteiger partial charge in [-0.2, -0.15) is 0 Å². The first-order valence-electron chi connectivity index (χ1n) is 9.00. The molecule has 1 aromatic carbocycles. The van der Waals surface area contributed by atoms with E-state index in [1.165, 1.54) is 12.8 Å². The third-order valence-electron chi connectivity index (χ3n) is 4.93. The second kappa shape index (κ2) is 6.88. The molecule has 2 fully saturated rings. The number of rotatable bonds is 4. The van der Waals surface area contributed by atoms with Gasteiger partial charge in [0.2, 0.25) is 0 Å². The molecule has 4 rings (SSSR count). The standard InChI is InChI=1S/C19H24N4O2/c1-13-11-18(22-23(13)16-5-3-2-4-6-16)21-19(24)20-15-9-10-25-17(12-15)14-7-8-14/h2-6,11,14-15,17H,7-10,12H2,1H3,(H2,20,21,22,24)/t15-,17+/m1/s1. The maximum absolute atomic E-state index is 12.3. The topological polar surface area (TPSA) is 68.2 Å². The number of benzene rings is 1. The first kappa shape index (κ1) is 16.1. The van der Waals surface area contributed by atoms with E-state index in [4.69, 9.17) is 4.74 Å². The van der Waals surface area contributed by atoms with Gasteiger partial charge in [-0.15, -0.1) is 5.10 Å². The molecule has 2 aromatic rings. The predicted molar refractivity (Wildman–Crippen MR) is 95.9 cm³/mol. The Morgan fingerprint density at radius 2 is 2.04 bits per heavy atom.